The molecule has 2 aromatic rings. The van der Waals surface area contributed by atoms with Crippen LogP contribution in [0.1, 0.15) is 0 Å². The van der Waals surface area contributed by atoms with E-state index in [9.17, 15) is 5.11 Å². The molecule has 0 fully saturated rings. The van der Waals surface area contributed by atoms with Crippen molar-refractivity contribution in [2.75, 3.05) is 5.73 Å². The van der Waals surface area contributed by atoms with Crippen LogP contribution in [0.2, 0.25) is 0 Å². The topological polar surface area (TPSA) is 46.2 Å². The number of nitrogen functional groups attached to an aromatic ring is 1. The lowest BCUT2D eigenvalue weighted by atomic mass is 10.1. The summed E-state index contributed by atoms with van der Waals surface area (Å²) in [5.74, 6) is 0.116. The average molecular weight is 158 g/mol. The van der Waals surface area contributed by atoms with Crippen LogP contribution in [-0.4, -0.2) is 5.11 Å². The zero-order valence-electron chi connectivity index (χ0n) is 6.41. The third-order valence-electron chi connectivity index (χ3n) is 1.85. The highest BCUT2D eigenvalue weighted by Gasteiger charge is 2.01. The second kappa shape index (κ2) is 2.41. The van der Waals surface area contributed by atoms with Crippen LogP contribution in [0.5, 0.6) is 5.75 Å². The zero-order valence-corrected chi connectivity index (χ0v) is 6.41. The van der Waals surface area contributed by atoms with Gasteiger partial charge in [-0.15, -0.1) is 0 Å². The second-order valence-electron chi connectivity index (χ2n) is 2.64. The van der Waals surface area contributed by atoms with E-state index in [-0.39, 0.29) is 5.75 Å². The Labute approximate surface area is 70.2 Å². The van der Waals surface area contributed by atoms with Gasteiger partial charge in [0.2, 0.25) is 0 Å². The van der Waals surface area contributed by atoms with Gasteiger partial charge in [-0.1, -0.05) is 18.2 Å². The van der Waals surface area contributed by atoms with Gasteiger partial charge >= 0.3 is 0 Å². The summed E-state index contributed by atoms with van der Waals surface area (Å²) >= 11 is 0. The third kappa shape index (κ3) is 0.889. The number of hydrogen-bond acceptors (Lipinski definition) is 2. The Kier molecular flexibility index (Phi) is 1.40. The number of hydrogen-bond donors (Lipinski definition) is 2. The van der Waals surface area contributed by atoms with E-state index < -0.39 is 0 Å². The summed E-state index contributed by atoms with van der Waals surface area (Å²) in [5.41, 5.74) is 6.26. The number of fused-ring (bicyclic) bond motifs is 1. The maximum atomic E-state index is 9.42. The second-order valence-corrected chi connectivity index (χ2v) is 2.64. The van der Waals surface area contributed by atoms with Gasteiger partial charge in [-0.05, 0) is 17.5 Å². The van der Waals surface area contributed by atoms with Crippen molar-refractivity contribution in [3.05, 3.63) is 36.4 Å². The molecule has 0 aliphatic carbocycles. The minimum atomic E-state index is 0.116. The first kappa shape index (κ1) is 6.98. The van der Waals surface area contributed by atoms with Crippen LogP contribution in [0.4, 0.5) is 5.69 Å². The fourth-order valence-electron chi connectivity index (χ4n) is 1.28. The van der Waals surface area contributed by atoms with E-state index in [1.165, 1.54) is 0 Å². The van der Waals surface area contributed by atoms with Crippen LogP contribution in [0, 0.1) is 6.07 Å². The monoisotopic (exact) mass is 158 g/mol. The molecule has 0 bridgehead atoms. The molecule has 1 radical (unpaired) electrons. The predicted octanol–water partition coefficient (Wildman–Crippen LogP) is 1.93. The lowest BCUT2D eigenvalue weighted by Crippen LogP contribution is -1.86. The van der Waals surface area contributed by atoms with Crippen molar-refractivity contribution in [3.63, 3.8) is 0 Å². The van der Waals surface area contributed by atoms with Crippen LogP contribution >= 0.6 is 0 Å². The first-order chi connectivity index (χ1) is 5.79. The molecule has 2 nitrogen and oxygen atoms in total. The normalized spacial score (nSPS) is 10.3. The van der Waals surface area contributed by atoms with Gasteiger partial charge < -0.3 is 10.8 Å². The Morgan fingerprint density at radius 3 is 2.83 bits per heavy atom. The highest BCUT2D eigenvalue weighted by Crippen LogP contribution is 2.28. The molecule has 0 spiro atoms. The largest absolute Gasteiger partial charge is 0.507 e. The standard InChI is InChI=1S/C10H8NO/c11-8-5-1-3-7-4-2-6-9(12)10(7)8/h1-5,12H,11H2. The lowest BCUT2D eigenvalue weighted by Gasteiger charge is -2.02. The van der Waals surface area contributed by atoms with Gasteiger partial charge in [0.1, 0.15) is 5.75 Å². The highest BCUT2D eigenvalue weighted by molar-refractivity contribution is 5.97. The minimum Gasteiger partial charge on any atom is -0.507 e. The summed E-state index contributed by atoms with van der Waals surface area (Å²) < 4.78 is 0. The Bertz CT molecular complexity index is 386. The Hall–Kier alpha value is -1.70. The van der Waals surface area contributed by atoms with E-state index in [0.29, 0.717) is 11.1 Å². The smallest absolute Gasteiger partial charge is 0.133 e. The zero-order chi connectivity index (χ0) is 8.55. The maximum Gasteiger partial charge on any atom is 0.133 e. The molecular formula is C10H8NO. The molecule has 0 saturated heterocycles. The summed E-state index contributed by atoms with van der Waals surface area (Å²) in [4.78, 5) is 0. The van der Waals surface area contributed by atoms with Gasteiger partial charge in [-0.25, -0.2) is 0 Å². The summed E-state index contributed by atoms with van der Waals surface area (Å²) in [6.07, 6.45) is 0. The first-order valence-corrected chi connectivity index (χ1v) is 3.67. The fraction of sp³-hybridized carbons (Fsp3) is 0. The van der Waals surface area contributed by atoms with Gasteiger partial charge in [0.05, 0.1) is 0 Å². The van der Waals surface area contributed by atoms with Gasteiger partial charge in [0, 0.05) is 17.1 Å². The number of phenolic OH excluding ortho intramolecular Hbond substituents is 1. The molecule has 0 atom stereocenters. The highest BCUT2D eigenvalue weighted by atomic mass is 16.3. The molecular weight excluding hydrogens is 150 g/mol. The molecule has 3 N–H and O–H groups in total. The van der Waals surface area contributed by atoms with Gasteiger partial charge in [0.25, 0.3) is 0 Å². The van der Waals surface area contributed by atoms with Crippen molar-refractivity contribution in [2.24, 2.45) is 0 Å². The SMILES string of the molecule is Nc1cccc2cc[c]c(O)c12. The number of benzene rings is 2. The molecule has 0 saturated carbocycles. The van der Waals surface area contributed by atoms with Crippen LogP contribution in [0.15, 0.2) is 30.3 Å². The van der Waals surface area contributed by atoms with E-state index in [1.54, 1.807) is 12.1 Å². The van der Waals surface area contributed by atoms with E-state index >= 15 is 0 Å². The number of phenols is 1. The molecule has 0 unspecified atom stereocenters. The molecule has 0 aliphatic rings. The van der Waals surface area contributed by atoms with Crippen molar-refractivity contribution in [3.8, 4) is 5.75 Å². The van der Waals surface area contributed by atoms with Crippen LogP contribution in [0.25, 0.3) is 10.8 Å². The number of nitrogens with two attached hydrogens (primary N) is 1. The lowest BCUT2D eigenvalue weighted by molar-refractivity contribution is 0.480. The molecule has 0 aliphatic heterocycles. The van der Waals surface area contributed by atoms with Gasteiger partial charge in [-0.3, -0.25) is 0 Å². The van der Waals surface area contributed by atoms with Crippen molar-refractivity contribution >= 4 is 16.5 Å². The maximum absolute atomic E-state index is 9.42. The molecule has 12 heavy (non-hydrogen) atoms. The van der Waals surface area contributed by atoms with Crippen molar-refractivity contribution in [1.29, 1.82) is 0 Å². The van der Waals surface area contributed by atoms with Crippen LogP contribution < -0.4 is 5.73 Å². The fourth-order valence-corrected chi connectivity index (χ4v) is 1.28. The van der Waals surface area contributed by atoms with E-state index in [0.717, 1.165) is 5.39 Å². The molecule has 59 valence electrons. The molecule has 2 aromatic carbocycles. The van der Waals surface area contributed by atoms with E-state index in [4.69, 9.17) is 5.73 Å². The molecule has 0 heterocycles. The Morgan fingerprint density at radius 1 is 1.25 bits per heavy atom. The van der Waals surface area contributed by atoms with E-state index in [1.807, 2.05) is 18.2 Å². The number of rotatable bonds is 0. The van der Waals surface area contributed by atoms with Crippen molar-refractivity contribution in [1.82, 2.24) is 0 Å². The number of aromatic hydroxyl groups is 1. The number of anilines is 1. The molecule has 0 amide bonds. The first-order valence-electron chi connectivity index (χ1n) is 3.67. The summed E-state index contributed by atoms with van der Waals surface area (Å²) in [7, 11) is 0. The molecule has 2 rings (SSSR count). The minimum absolute atomic E-state index is 0.116. The average Bonchev–Trinajstić information content (AvgIpc) is 2.04. The van der Waals surface area contributed by atoms with Crippen LogP contribution in [0.3, 0.4) is 0 Å². The predicted molar refractivity (Wildman–Crippen MR) is 48.9 cm³/mol. The summed E-state index contributed by atoms with van der Waals surface area (Å²) in [6, 6.07) is 11.8. The Balaban J connectivity index is 2.96. The summed E-state index contributed by atoms with van der Waals surface area (Å²) in [6.45, 7) is 0. The van der Waals surface area contributed by atoms with Gasteiger partial charge in [-0.2, -0.15) is 0 Å². The quantitative estimate of drug-likeness (QED) is 0.575. The third-order valence-corrected chi connectivity index (χ3v) is 1.85. The molecule has 0 aromatic heterocycles. The van der Waals surface area contributed by atoms with Crippen molar-refractivity contribution < 1.29 is 5.11 Å². The van der Waals surface area contributed by atoms with Gasteiger partial charge in [0.15, 0.2) is 0 Å². The van der Waals surface area contributed by atoms with Crippen LogP contribution in [-0.2, 0) is 0 Å². The van der Waals surface area contributed by atoms with E-state index in [2.05, 4.69) is 6.07 Å². The summed E-state index contributed by atoms with van der Waals surface area (Å²) in [5, 5.41) is 11.0. The Morgan fingerprint density at radius 2 is 2.08 bits per heavy atom. The van der Waals surface area contributed by atoms with Crippen molar-refractivity contribution in [2.45, 2.75) is 0 Å². The molecule has 2 heteroatoms.